The van der Waals surface area contributed by atoms with E-state index in [0.717, 1.165) is 17.4 Å². The molecule has 1 N–H and O–H groups in total. The van der Waals surface area contributed by atoms with E-state index < -0.39 is 28.8 Å². The van der Waals surface area contributed by atoms with Crippen LogP contribution in [0, 0.1) is 16.0 Å². The van der Waals surface area contributed by atoms with Crippen LogP contribution in [0.3, 0.4) is 0 Å². The number of ether oxygens (including phenoxy) is 2. The van der Waals surface area contributed by atoms with Crippen LogP contribution in [0.1, 0.15) is 17.2 Å². The molecule has 1 amide bonds. The Morgan fingerprint density at radius 3 is 2.55 bits per heavy atom. The first-order valence-corrected chi connectivity index (χ1v) is 10.5. The van der Waals surface area contributed by atoms with Crippen molar-refractivity contribution in [3.05, 3.63) is 99.1 Å². The molecular weight excluding hydrogens is 448 g/mol. The number of anilines is 1. The van der Waals surface area contributed by atoms with Crippen molar-refractivity contribution < 1.29 is 24.0 Å². The molecule has 4 rings (SSSR count). The molecule has 0 saturated carbocycles. The standard InChI is InChI=1S/C24H19ClN2O6/c25-19-13-18(27(30)31)10-11-20(19)26-23(28)22(15-6-2-1-3-7-15)33-24(29)17-12-16-8-4-5-9-21(16)32-14-17/h1-11,13,17,22H,12,14H2,(H,26,28). The molecule has 1 heterocycles. The Hall–Kier alpha value is -3.91. The third-order valence-electron chi connectivity index (χ3n) is 5.21. The molecule has 1 aliphatic rings. The smallest absolute Gasteiger partial charge is 0.313 e. The lowest BCUT2D eigenvalue weighted by Gasteiger charge is -2.26. The van der Waals surface area contributed by atoms with E-state index >= 15 is 0 Å². The number of nitro benzene ring substituents is 1. The Labute approximate surface area is 194 Å². The van der Waals surface area contributed by atoms with Crippen LogP contribution in [0.5, 0.6) is 5.75 Å². The highest BCUT2D eigenvalue weighted by Gasteiger charge is 2.32. The van der Waals surface area contributed by atoms with Gasteiger partial charge in [-0.1, -0.05) is 60.1 Å². The molecule has 8 nitrogen and oxygen atoms in total. The molecule has 2 atom stereocenters. The van der Waals surface area contributed by atoms with E-state index in [9.17, 15) is 19.7 Å². The number of amides is 1. The number of hydrogen-bond acceptors (Lipinski definition) is 6. The molecule has 3 aromatic rings. The first-order valence-electron chi connectivity index (χ1n) is 10.1. The second-order valence-corrected chi connectivity index (χ2v) is 7.87. The molecule has 168 valence electrons. The van der Waals surface area contributed by atoms with Gasteiger partial charge in [0.1, 0.15) is 12.4 Å². The summed E-state index contributed by atoms with van der Waals surface area (Å²) in [5.74, 6) is -1.04. The number of nitrogens with zero attached hydrogens (tertiary/aromatic N) is 1. The summed E-state index contributed by atoms with van der Waals surface area (Å²) in [4.78, 5) is 36.4. The van der Waals surface area contributed by atoms with E-state index in [1.165, 1.54) is 12.1 Å². The van der Waals surface area contributed by atoms with Gasteiger partial charge in [0.05, 0.1) is 21.6 Å². The summed E-state index contributed by atoms with van der Waals surface area (Å²) in [6.07, 6.45) is -0.811. The largest absolute Gasteiger partial charge is 0.492 e. The molecule has 0 aliphatic carbocycles. The molecule has 0 fully saturated rings. The number of carbonyl (C=O) groups excluding carboxylic acids is 2. The average Bonchev–Trinajstić information content (AvgIpc) is 2.83. The van der Waals surface area contributed by atoms with Crippen LogP contribution in [0.4, 0.5) is 11.4 Å². The normalized spacial score (nSPS) is 15.5. The first-order chi connectivity index (χ1) is 15.9. The van der Waals surface area contributed by atoms with E-state index in [4.69, 9.17) is 21.1 Å². The van der Waals surface area contributed by atoms with Crippen LogP contribution in [-0.2, 0) is 20.7 Å². The number of hydrogen-bond donors (Lipinski definition) is 1. The van der Waals surface area contributed by atoms with Crippen molar-refractivity contribution in [2.75, 3.05) is 11.9 Å². The van der Waals surface area contributed by atoms with Gasteiger partial charge in [-0.05, 0) is 24.1 Å². The summed E-state index contributed by atoms with van der Waals surface area (Å²) in [5, 5.41) is 13.5. The number of esters is 1. The fraction of sp³-hybridized carbons (Fsp3) is 0.167. The Morgan fingerprint density at radius 2 is 1.82 bits per heavy atom. The SMILES string of the molecule is O=C(OC(C(=O)Nc1ccc([N+](=O)[O-])cc1Cl)c1ccccc1)C1COc2ccccc2C1. The van der Waals surface area contributed by atoms with Gasteiger partial charge in [0.15, 0.2) is 0 Å². The molecule has 0 saturated heterocycles. The van der Waals surface area contributed by atoms with Crippen molar-refractivity contribution in [1.82, 2.24) is 0 Å². The lowest BCUT2D eigenvalue weighted by Crippen LogP contribution is -2.33. The Morgan fingerprint density at radius 1 is 1.09 bits per heavy atom. The molecule has 2 unspecified atom stereocenters. The summed E-state index contributed by atoms with van der Waals surface area (Å²) < 4.78 is 11.3. The average molecular weight is 467 g/mol. The monoisotopic (exact) mass is 466 g/mol. The van der Waals surface area contributed by atoms with Gasteiger partial charge in [0.2, 0.25) is 6.10 Å². The fourth-order valence-corrected chi connectivity index (χ4v) is 3.73. The lowest BCUT2D eigenvalue weighted by atomic mass is 9.97. The van der Waals surface area contributed by atoms with E-state index in [2.05, 4.69) is 5.32 Å². The van der Waals surface area contributed by atoms with Gasteiger partial charge in [-0.25, -0.2) is 0 Å². The maximum atomic E-state index is 13.1. The van der Waals surface area contributed by atoms with Crippen LogP contribution in [0.15, 0.2) is 72.8 Å². The van der Waals surface area contributed by atoms with E-state index in [1.54, 1.807) is 30.3 Å². The number of nitro groups is 1. The molecular formula is C24H19ClN2O6. The number of halogens is 1. The molecule has 33 heavy (non-hydrogen) atoms. The topological polar surface area (TPSA) is 108 Å². The zero-order valence-corrected chi connectivity index (χ0v) is 18.0. The molecule has 0 bridgehead atoms. The Balaban J connectivity index is 1.53. The van der Waals surface area contributed by atoms with Crippen molar-refractivity contribution in [3.8, 4) is 5.75 Å². The minimum absolute atomic E-state index is 0.00650. The zero-order chi connectivity index (χ0) is 23.4. The number of fused-ring (bicyclic) bond motifs is 1. The quantitative estimate of drug-likeness (QED) is 0.320. The summed E-state index contributed by atoms with van der Waals surface area (Å²) in [5.41, 5.74) is 1.32. The van der Waals surface area contributed by atoms with Gasteiger partial charge < -0.3 is 14.8 Å². The third-order valence-corrected chi connectivity index (χ3v) is 5.52. The van der Waals surface area contributed by atoms with Gasteiger partial charge >= 0.3 is 5.97 Å². The number of carbonyl (C=O) groups is 2. The van der Waals surface area contributed by atoms with Crippen LogP contribution < -0.4 is 10.1 Å². The molecule has 3 aromatic carbocycles. The number of rotatable bonds is 6. The van der Waals surface area contributed by atoms with E-state index in [-0.39, 0.29) is 23.0 Å². The molecule has 1 aliphatic heterocycles. The minimum Gasteiger partial charge on any atom is -0.492 e. The third kappa shape index (κ3) is 5.12. The van der Waals surface area contributed by atoms with Crippen molar-refractivity contribution in [2.45, 2.75) is 12.5 Å². The number of non-ortho nitro benzene ring substituents is 1. The van der Waals surface area contributed by atoms with Gasteiger partial charge in [-0.2, -0.15) is 0 Å². The van der Waals surface area contributed by atoms with Gasteiger partial charge in [0.25, 0.3) is 11.6 Å². The van der Waals surface area contributed by atoms with Crippen molar-refractivity contribution >= 4 is 34.9 Å². The summed E-state index contributed by atoms with van der Waals surface area (Å²) in [6, 6.07) is 19.7. The van der Waals surface area contributed by atoms with Crippen molar-refractivity contribution in [3.63, 3.8) is 0 Å². The van der Waals surface area contributed by atoms with E-state index in [1.807, 2.05) is 24.3 Å². The van der Waals surface area contributed by atoms with Gasteiger partial charge in [0, 0.05) is 17.7 Å². The van der Waals surface area contributed by atoms with Crippen molar-refractivity contribution in [1.29, 1.82) is 0 Å². The highest BCUT2D eigenvalue weighted by atomic mass is 35.5. The van der Waals surface area contributed by atoms with Crippen molar-refractivity contribution in [2.24, 2.45) is 5.92 Å². The number of benzene rings is 3. The fourth-order valence-electron chi connectivity index (χ4n) is 3.51. The summed E-state index contributed by atoms with van der Waals surface area (Å²) in [6.45, 7) is 0.146. The Kier molecular flexibility index (Phi) is 6.55. The number of nitrogens with one attached hydrogen (secondary N) is 1. The lowest BCUT2D eigenvalue weighted by molar-refractivity contribution is -0.384. The van der Waals surface area contributed by atoms with Gasteiger partial charge in [-0.15, -0.1) is 0 Å². The van der Waals surface area contributed by atoms with E-state index in [0.29, 0.717) is 12.0 Å². The van der Waals surface area contributed by atoms with Crippen LogP contribution in [0.2, 0.25) is 5.02 Å². The maximum Gasteiger partial charge on any atom is 0.313 e. The second-order valence-electron chi connectivity index (χ2n) is 7.46. The van der Waals surface area contributed by atoms with Crippen LogP contribution in [-0.4, -0.2) is 23.4 Å². The minimum atomic E-state index is -1.25. The maximum absolute atomic E-state index is 13.1. The number of para-hydroxylation sites is 1. The molecule has 9 heteroatoms. The van der Waals surface area contributed by atoms with Crippen LogP contribution >= 0.6 is 11.6 Å². The zero-order valence-electron chi connectivity index (χ0n) is 17.3. The van der Waals surface area contributed by atoms with Crippen LogP contribution in [0.25, 0.3) is 0 Å². The summed E-state index contributed by atoms with van der Waals surface area (Å²) in [7, 11) is 0. The predicted octanol–water partition coefficient (Wildman–Crippen LogP) is 4.72. The Bertz CT molecular complexity index is 1200. The molecule has 0 spiro atoms. The first kappa shape index (κ1) is 22.3. The summed E-state index contributed by atoms with van der Waals surface area (Å²) >= 11 is 6.10. The molecule has 0 radical (unpaired) electrons. The molecule has 0 aromatic heterocycles. The highest BCUT2D eigenvalue weighted by molar-refractivity contribution is 6.34. The second kappa shape index (κ2) is 9.70. The highest BCUT2D eigenvalue weighted by Crippen LogP contribution is 2.31. The predicted molar refractivity (Wildman–Crippen MR) is 121 cm³/mol. The van der Waals surface area contributed by atoms with Gasteiger partial charge in [-0.3, -0.25) is 19.7 Å².